The average Bonchev–Trinajstić information content (AvgIpc) is 2.88. The van der Waals surface area contributed by atoms with Gasteiger partial charge >= 0.3 is 12.1 Å². The van der Waals surface area contributed by atoms with Gasteiger partial charge in [-0.05, 0) is 81.6 Å². The molecule has 2 heterocycles. The second-order valence-corrected chi connectivity index (χ2v) is 11.3. The molecule has 8 nitrogen and oxygen atoms in total. The highest BCUT2D eigenvalue weighted by atomic mass is 32.2. The van der Waals surface area contributed by atoms with Crippen molar-refractivity contribution in [1.82, 2.24) is 9.88 Å². The van der Waals surface area contributed by atoms with E-state index in [4.69, 9.17) is 9.47 Å². The fourth-order valence-corrected chi connectivity index (χ4v) is 5.07. The minimum atomic E-state index is -0.953. The van der Waals surface area contributed by atoms with Crippen molar-refractivity contribution in [2.45, 2.75) is 61.2 Å². The number of carboxylic acid groups (broad SMARTS) is 1. The number of ether oxygens (including phenoxy) is 2. The molecule has 0 saturated heterocycles. The van der Waals surface area contributed by atoms with E-state index in [0.717, 1.165) is 27.5 Å². The van der Waals surface area contributed by atoms with Crippen molar-refractivity contribution >= 4 is 23.8 Å². The zero-order chi connectivity index (χ0) is 27.3. The molecule has 1 aromatic heterocycles. The molecule has 1 aliphatic rings. The van der Waals surface area contributed by atoms with E-state index in [1.165, 1.54) is 16.7 Å². The smallest absolute Gasteiger partial charge is 0.410 e. The highest BCUT2D eigenvalue weighted by Gasteiger charge is 2.29. The molecule has 0 fully saturated rings. The summed E-state index contributed by atoms with van der Waals surface area (Å²) < 4.78 is 11.9. The number of hydrogen-bond acceptors (Lipinski definition) is 7. The predicted octanol–water partition coefficient (Wildman–Crippen LogP) is 5.60. The molecule has 0 bridgehead atoms. The summed E-state index contributed by atoms with van der Waals surface area (Å²) in [6.45, 7) is 5.74. The Morgan fingerprint density at radius 2 is 1.95 bits per heavy atom. The fraction of sp³-hybridized carbons (Fsp3) is 0.345. The Morgan fingerprint density at radius 1 is 1.16 bits per heavy atom. The predicted molar refractivity (Wildman–Crippen MR) is 144 cm³/mol. The summed E-state index contributed by atoms with van der Waals surface area (Å²) in [6.07, 6.45) is 2.98. The van der Waals surface area contributed by atoms with Crippen LogP contribution in [0.4, 0.5) is 4.79 Å². The SMILES string of the molecule is CC(C)(C)OC(=O)N(C[C@H]1CCc2cc(Sc3cccc(C(=O)O)c3)ccc2O1)C[C@@H](O)c1cccnc1. The number of hydrogen-bond donors (Lipinski definition) is 2. The first-order valence-corrected chi connectivity index (χ1v) is 13.3. The van der Waals surface area contributed by atoms with Crippen LogP contribution in [0.25, 0.3) is 0 Å². The van der Waals surface area contributed by atoms with Crippen molar-refractivity contribution in [3.05, 3.63) is 83.7 Å². The summed E-state index contributed by atoms with van der Waals surface area (Å²) in [5.41, 5.74) is 1.25. The van der Waals surface area contributed by atoms with Gasteiger partial charge in [-0.25, -0.2) is 9.59 Å². The number of aromatic nitrogens is 1. The zero-order valence-electron chi connectivity index (χ0n) is 21.7. The zero-order valence-corrected chi connectivity index (χ0v) is 22.5. The lowest BCUT2D eigenvalue weighted by molar-refractivity contribution is 0.00363. The van der Waals surface area contributed by atoms with E-state index in [-0.39, 0.29) is 24.8 Å². The molecule has 0 saturated carbocycles. The maximum absolute atomic E-state index is 13.0. The van der Waals surface area contributed by atoms with Gasteiger partial charge < -0.3 is 24.6 Å². The van der Waals surface area contributed by atoms with Gasteiger partial charge in [0.15, 0.2) is 0 Å². The van der Waals surface area contributed by atoms with Gasteiger partial charge in [0, 0.05) is 27.7 Å². The Balaban J connectivity index is 1.44. The van der Waals surface area contributed by atoms with Crippen LogP contribution in [0, 0.1) is 0 Å². The van der Waals surface area contributed by atoms with Crippen molar-refractivity contribution in [2.75, 3.05) is 13.1 Å². The quantitative estimate of drug-likeness (QED) is 0.383. The largest absolute Gasteiger partial charge is 0.488 e. The number of pyridine rings is 1. The van der Waals surface area contributed by atoms with Gasteiger partial charge in [0.05, 0.1) is 24.8 Å². The second-order valence-electron chi connectivity index (χ2n) is 10.2. The van der Waals surface area contributed by atoms with Crippen LogP contribution in [0.5, 0.6) is 5.75 Å². The Kier molecular flexibility index (Phi) is 8.58. The summed E-state index contributed by atoms with van der Waals surface area (Å²) in [7, 11) is 0. The Morgan fingerprint density at radius 3 is 2.66 bits per heavy atom. The van der Waals surface area contributed by atoms with Crippen LogP contribution in [0.1, 0.15) is 54.8 Å². The molecule has 38 heavy (non-hydrogen) atoms. The third-order valence-electron chi connectivity index (χ3n) is 5.92. The number of aliphatic hydroxyl groups excluding tert-OH is 1. The first-order valence-electron chi connectivity index (χ1n) is 12.4. The van der Waals surface area contributed by atoms with Gasteiger partial charge in [-0.1, -0.05) is 23.9 Å². The number of carbonyl (C=O) groups is 2. The molecule has 3 aromatic rings. The molecule has 0 aliphatic carbocycles. The van der Waals surface area contributed by atoms with E-state index < -0.39 is 23.8 Å². The highest BCUT2D eigenvalue weighted by molar-refractivity contribution is 7.99. The summed E-state index contributed by atoms with van der Waals surface area (Å²) in [5.74, 6) is -0.201. The Labute approximate surface area is 226 Å². The molecule has 1 amide bonds. The summed E-state index contributed by atoms with van der Waals surface area (Å²) >= 11 is 1.50. The van der Waals surface area contributed by atoms with E-state index in [9.17, 15) is 19.8 Å². The van der Waals surface area contributed by atoms with Gasteiger partial charge in [0.1, 0.15) is 17.5 Å². The lowest BCUT2D eigenvalue weighted by Gasteiger charge is -2.33. The molecule has 9 heteroatoms. The van der Waals surface area contributed by atoms with Gasteiger partial charge in [-0.3, -0.25) is 4.98 Å². The molecule has 1 aliphatic heterocycles. The molecule has 2 atom stereocenters. The number of fused-ring (bicyclic) bond motifs is 1. The van der Waals surface area contributed by atoms with Crippen LogP contribution in [-0.4, -0.2) is 57.0 Å². The minimum absolute atomic E-state index is 0.0539. The number of nitrogens with zero attached hydrogens (tertiary/aromatic N) is 2. The van der Waals surface area contributed by atoms with E-state index in [0.29, 0.717) is 12.0 Å². The van der Waals surface area contributed by atoms with E-state index in [2.05, 4.69) is 11.1 Å². The number of aryl methyl sites for hydroxylation is 1. The number of amides is 1. The summed E-state index contributed by atoms with van der Waals surface area (Å²) in [5, 5.41) is 20.0. The maximum atomic E-state index is 13.0. The molecule has 2 aromatic carbocycles. The topological polar surface area (TPSA) is 109 Å². The third kappa shape index (κ3) is 7.49. The molecular weight excluding hydrogens is 504 g/mol. The van der Waals surface area contributed by atoms with Crippen LogP contribution in [-0.2, 0) is 11.2 Å². The van der Waals surface area contributed by atoms with Gasteiger partial charge in [-0.15, -0.1) is 0 Å². The molecule has 4 rings (SSSR count). The monoisotopic (exact) mass is 536 g/mol. The van der Waals surface area contributed by atoms with Gasteiger partial charge in [0.25, 0.3) is 0 Å². The standard InChI is InChI=1S/C29H32N2O6S/c1-29(2,3)37-28(35)31(18-25(32)21-7-5-13-30-16-21)17-22-10-9-19-14-24(11-12-26(19)36-22)38-23-8-4-6-20(15-23)27(33)34/h4-8,11-16,22,25,32H,9-10,17-18H2,1-3H3,(H,33,34)/t22-,25-/m1/s1. The highest BCUT2D eigenvalue weighted by Crippen LogP contribution is 2.35. The van der Waals surface area contributed by atoms with Crippen molar-refractivity contribution in [3.63, 3.8) is 0 Å². The van der Waals surface area contributed by atoms with E-state index in [1.54, 1.807) is 42.7 Å². The van der Waals surface area contributed by atoms with Crippen molar-refractivity contribution < 1.29 is 29.3 Å². The van der Waals surface area contributed by atoms with Crippen molar-refractivity contribution in [2.24, 2.45) is 0 Å². The van der Waals surface area contributed by atoms with Crippen molar-refractivity contribution in [3.8, 4) is 5.75 Å². The number of carbonyl (C=O) groups excluding carboxylic acids is 1. The lowest BCUT2D eigenvalue weighted by Crippen LogP contribution is -2.45. The summed E-state index contributed by atoms with van der Waals surface area (Å²) in [4.78, 5) is 31.7. The molecule has 2 N–H and O–H groups in total. The van der Waals surface area contributed by atoms with Crippen molar-refractivity contribution in [1.29, 1.82) is 0 Å². The average molecular weight is 537 g/mol. The Hall–Kier alpha value is -3.56. The van der Waals surface area contributed by atoms with Crippen LogP contribution >= 0.6 is 11.8 Å². The molecule has 0 radical (unpaired) electrons. The molecule has 0 spiro atoms. The normalized spacial score (nSPS) is 15.6. The fourth-order valence-electron chi connectivity index (χ4n) is 4.13. The van der Waals surface area contributed by atoms with E-state index in [1.807, 2.05) is 39.0 Å². The van der Waals surface area contributed by atoms with Crippen LogP contribution in [0.15, 0.2) is 76.8 Å². The second kappa shape index (κ2) is 11.9. The van der Waals surface area contributed by atoms with Crippen LogP contribution in [0.3, 0.4) is 0 Å². The van der Waals surface area contributed by atoms with Crippen LogP contribution < -0.4 is 4.74 Å². The number of benzene rings is 2. The first-order chi connectivity index (χ1) is 18.1. The number of rotatable bonds is 8. The molecular formula is C29H32N2O6S. The molecule has 0 unspecified atom stereocenters. The third-order valence-corrected chi connectivity index (χ3v) is 6.90. The van der Waals surface area contributed by atoms with Crippen LogP contribution in [0.2, 0.25) is 0 Å². The van der Waals surface area contributed by atoms with Gasteiger partial charge in [-0.2, -0.15) is 0 Å². The summed E-state index contributed by atoms with van der Waals surface area (Å²) in [6, 6.07) is 16.3. The Bertz CT molecular complexity index is 1280. The number of aromatic carboxylic acids is 1. The van der Waals surface area contributed by atoms with Gasteiger partial charge in [0.2, 0.25) is 0 Å². The first kappa shape index (κ1) is 27.5. The van der Waals surface area contributed by atoms with E-state index >= 15 is 0 Å². The lowest BCUT2D eigenvalue weighted by atomic mass is 10.0. The maximum Gasteiger partial charge on any atom is 0.410 e. The molecule has 200 valence electrons. The number of aliphatic hydroxyl groups is 1. The minimum Gasteiger partial charge on any atom is -0.488 e. The number of carboxylic acids is 1.